The Kier molecular flexibility index (Phi) is 4.49. The first-order valence-corrected chi connectivity index (χ1v) is 6.68. The summed E-state index contributed by atoms with van der Waals surface area (Å²) in [5.41, 5.74) is 0.658. The molecule has 0 aliphatic carbocycles. The Morgan fingerprint density at radius 1 is 1.32 bits per heavy atom. The van der Waals surface area contributed by atoms with Crippen LogP contribution < -0.4 is 10.6 Å². The molecule has 0 aliphatic rings. The lowest BCUT2D eigenvalue weighted by molar-refractivity contribution is 0.101. The standard InChI is InChI=1S/C15H12ClN3O3/c1-8(20)13-9(2)22-14(12(13)7-17)19-15(21)18-11-5-3-4-10(16)6-11/h3-6H,1-2H3,(H2,18,19,21). The summed E-state index contributed by atoms with van der Waals surface area (Å²) in [6, 6.07) is 7.84. The van der Waals surface area contributed by atoms with E-state index in [9.17, 15) is 9.59 Å². The number of carbonyl (C=O) groups is 2. The largest absolute Gasteiger partial charge is 0.443 e. The van der Waals surface area contributed by atoms with Crippen molar-refractivity contribution >= 4 is 35.0 Å². The fraction of sp³-hybridized carbons (Fsp3) is 0.133. The average Bonchev–Trinajstić information content (AvgIpc) is 2.74. The minimum Gasteiger partial charge on any atom is -0.443 e. The summed E-state index contributed by atoms with van der Waals surface area (Å²) in [6.45, 7) is 2.88. The maximum Gasteiger partial charge on any atom is 0.326 e. The van der Waals surface area contributed by atoms with Gasteiger partial charge in [-0.3, -0.25) is 10.1 Å². The number of ketones is 1. The maximum atomic E-state index is 11.9. The van der Waals surface area contributed by atoms with Crippen LogP contribution in [0.2, 0.25) is 5.02 Å². The number of amides is 2. The number of carbonyl (C=O) groups excluding carboxylic acids is 2. The summed E-state index contributed by atoms with van der Waals surface area (Å²) in [7, 11) is 0. The Morgan fingerprint density at radius 3 is 2.64 bits per heavy atom. The van der Waals surface area contributed by atoms with Gasteiger partial charge < -0.3 is 9.73 Å². The van der Waals surface area contributed by atoms with E-state index in [1.165, 1.54) is 6.92 Å². The second-order valence-electron chi connectivity index (χ2n) is 4.49. The lowest BCUT2D eigenvalue weighted by atomic mass is 10.1. The van der Waals surface area contributed by atoms with E-state index in [1.54, 1.807) is 31.2 Å². The lowest BCUT2D eigenvalue weighted by Crippen LogP contribution is -2.19. The highest BCUT2D eigenvalue weighted by Gasteiger charge is 2.22. The number of aryl methyl sites for hydroxylation is 1. The molecule has 112 valence electrons. The molecule has 0 saturated carbocycles. The number of hydrogen-bond acceptors (Lipinski definition) is 4. The summed E-state index contributed by atoms with van der Waals surface area (Å²) >= 11 is 5.82. The summed E-state index contributed by atoms with van der Waals surface area (Å²) in [5, 5.41) is 14.6. The van der Waals surface area contributed by atoms with Gasteiger partial charge in [0.2, 0.25) is 5.88 Å². The molecular weight excluding hydrogens is 306 g/mol. The Labute approximate surface area is 131 Å². The van der Waals surface area contributed by atoms with Gasteiger partial charge in [-0.2, -0.15) is 5.26 Å². The molecule has 0 aliphatic heterocycles. The number of furan rings is 1. The van der Waals surface area contributed by atoms with Gasteiger partial charge in [-0.25, -0.2) is 4.79 Å². The van der Waals surface area contributed by atoms with Gasteiger partial charge in [0.25, 0.3) is 0 Å². The summed E-state index contributed by atoms with van der Waals surface area (Å²) in [6.07, 6.45) is 0. The molecular formula is C15H12ClN3O3. The number of halogens is 1. The van der Waals surface area contributed by atoms with Crippen LogP contribution in [0, 0.1) is 18.3 Å². The van der Waals surface area contributed by atoms with Crippen LogP contribution in [0.3, 0.4) is 0 Å². The highest BCUT2D eigenvalue weighted by molar-refractivity contribution is 6.30. The highest BCUT2D eigenvalue weighted by atomic mass is 35.5. The summed E-state index contributed by atoms with van der Waals surface area (Å²) in [5.74, 6) is -0.0899. The van der Waals surface area contributed by atoms with Gasteiger partial charge in [-0.15, -0.1) is 0 Å². The van der Waals surface area contributed by atoms with E-state index in [0.29, 0.717) is 10.7 Å². The number of Topliss-reactive ketones (excluding diaryl/α,β-unsaturated/α-hetero) is 1. The third kappa shape index (κ3) is 3.27. The van der Waals surface area contributed by atoms with E-state index < -0.39 is 6.03 Å². The first-order chi connectivity index (χ1) is 10.4. The minimum atomic E-state index is -0.609. The van der Waals surface area contributed by atoms with Crippen LogP contribution in [-0.2, 0) is 0 Å². The molecule has 1 heterocycles. The average molecular weight is 318 g/mol. The number of anilines is 2. The Bertz CT molecular complexity index is 790. The van der Waals surface area contributed by atoms with E-state index in [0.717, 1.165) is 0 Å². The van der Waals surface area contributed by atoms with Crippen LogP contribution in [0.1, 0.15) is 28.6 Å². The summed E-state index contributed by atoms with van der Waals surface area (Å²) < 4.78 is 5.29. The van der Waals surface area contributed by atoms with Crippen molar-refractivity contribution in [3.8, 4) is 6.07 Å². The quantitative estimate of drug-likeness (QED) is 0.837. The van der Waals surface area contributed by atoms with Gasteiger partial charge in [0.15, 0.2) is 5.78 Å². The van der Waals surface area contributed by atoms with Crippen molar-refractivity contribution in [2.24, 2.45) is 0 Å². The van der Waals surface area contributed by atoms with Gasteiger partial charge in [-0.1, -0.05) is 17.7 Å². The van der Waals surface area contributed by atoms with Crippen LogP contribution in [0.4, 0.5) is 16.4 Å². The van der Waals surface area contributed by atoms with Crippen LogP contribution in [0.5, 0.6) is 0 Å². The molecule has 0 fully saturated rings. The smallest absolute Gasteiger partial charge is 0.326 e. The molecule has 0 atom stereocenters. The maximum absolute atomic E-state index is 11.9. The van der Waals surface area contributed by atoms with Crippen LogP contribution in [-0.4, -0.2) is 11.8 Å². The molecule has 2 aromatic rings. The molecule has 2 N–H and O–H groups in total. The Balaban J connectivity index is 2.21. The summed E-state index contributed by atoms with van der Waals surface area (Å²) in [4.78, 5) is 23.5. The third-order valence-electron chi connectivity index (χ3n) is 2.86. The SMILES string of the molecule is CC(=O)c1c(C)oc(NC(=O)Nc2cccc(Cl)c2)c1C#N. The molecule has 7 heteroatoms. The molecule has 0 bridgehead atoms. The number of nitriles is 1. The molecule has 1 aromatic carbocycles. The fourth-order valence-corrected chi connectivity index (χ4v) is 2.19. The Morgan fingerprint density at radius 2 is 2.05 bits per heavy atom. The van der Waals surface area contributed by atoms with Gasteiger partial charge in [0.1, 0.15) is 17.4 Å². The number of benzene rings is 1. The molecule has 2 amide bonds. The van der Waals surface area contributed by atoms with Crippen molar-refractivity contribution in [2.45, 2.75) is 13.8 Å². The van der Waals surface area contributed by atoms with E-state index in [-0.39, 0.29) is 28.6 Å². The van der Waals surface area contributed by atoms with E-state index in [1.807, 2.05) is 6.07 Å². The molecule has 6 nitrogen and oxygen atoms in total. The van der Waals surface area contributed by atoms with Crippen LogP contribution >= 0.6 is 11.6 Å². The Hall–Kier alpha value is -2.78. The van der Waals surface area contributed by atoms with Crippen molar-refractivity contribution in [1.29, 1.82) is 5.26 Å². The topological polar surface area (TPSA) is 95.1 Å². The first-order valence-electron chi connectivity index (χ1n) is 6.30. The zero-order valence-corrected chi connectivity index (χ0v) is 12.6. The van der Waals surface area contributed by atoms with Crippen molar-refractivity contribution in [3.05, 3.63) is 46.2 Å². The third-order valence-corrected chi connectivity index (χ3v) is 3.09. The normalized spacial score (nSPS) is 9.91. The number of nitrogens with zero attached hydrogens (tertiary/aromatic N) is 1. The van der Waals surface area contributed by atoms with Gasteiger partial charge in [-0.05, 0) is 32.0 Å². The molecule has 1 aromatic heterocycles. The number of rotatable bonds is 3. The second kappa shape index (κ2) is 6.33. The van der Waals surface area contributed by atoms with Crippen molar-refractivity contribution < 1.29 is 14.0 Å². The van der Waals surface area contributed by atoms with Crippen molar-refractivity contribution in [2.75, 3.05) is 10.6 Å². The first kappa shape index (κ1) is 15.6. The molecule has 0 unspecified atom stereocenters. The zero-order chi connectivity index (χ0) is 16.3. The minimum absolute atomic E-state index is 0.00578. The number of hydrogen-bond donors (Lipinski definition) is 2. The monoisotopic (exact) mass is 317 g/mol. The second-order valence-corrected chi connectivity index (χ2v) is 4.93. The predicted molar refractivity (Wildman–Crippen MR) is 82.3 cm³/mol. The number of nitrogens with one attached hydrogen (secondary N) is 2. The van der Waals surface area contributed by atoms with Gasteiger partial charge in [0.05, 0.1) is 5.56 Å². The number of urea groups is 1. The molecule has 22 heavy (non-hydrogen) atoms. The van der Waals surface area contributed by atoms with Crippen LogP contribution in [0.25, 0.3) is 0 Å². The van der Waals surface area contributed by atoms with Crippen molar-refractivity contribution in [1.82, 2.24) is 0 Å². The molecule has 0 radical (unpaired) electrons. The molecule has 0 spiro atoms. The van der Waals surface area contributed by atoms with E-state index in [2.05, 4.69) is 10.6 Å². The van der Waals surface area contributed by atoms with Gasteiger partial charge >= 0.3 is 6.03 Å². The lowest BCUT2D eigenvalue weighted by Gasteiger charge is -2.06. The highest BCUT2D eigenvalue weighted by Crippen LogP contribution is 2.27. The van der Waals surface area contributed by atoms with E-state index >= 15 is 0 Å². The molecule has 2 rings (SSSR count). The predicted octanol–water partition coefficient (Wildman–Crippen LogP) is 3.96. The molecule has 0 saturated heterocycles. The zero-order valence-electron chi connectivity index (χ0n) is 11.9. The van der Waals surface area contributed by atoms with Crippen LogP contribution in [0.15, 0.2) is 28.7 Å². The fourth-order valence-electron chi connectivity index (χ4n) is 2.00. The van der Waals surface area contributed by atoms with E-state index in [4.69, 9.17) is 21.3 Å². The van der Waals surface area contributed by atoms with Gasteiger partial charge in [0, 0.05) is 10.7 Å². The van der Waals surface area contributed by atoms with Crippen molar-refractivity contribution in [3.63, 3.8) is 0 Å².